The molecule has 0 rings (SSSR count). The maximum absolute atomic E-state index is 12.1. The number of carbonyl (C=O) groups excluding carboxylic acids is 2. The maximum atomic E-state index is 12.1. The van der Waals surface area contributed by atoms with Crippen molar-refractivity contribution in [2.45, 2.75) is 123 Å². The first-order chi connectivity index (χ1) is 15.3. The predicted octanol–water partition coefficient (Wildman–Crippen LogP) is 5.83. The van der Waals surface area contributed by atoms with Gasteiger partial charge in [0, 0.05) is 12.8 Å². The number of carbonyl (C=O) groups is 2. The molecule has 2 N–H and O–H groups in total. The van der Waals surface area contributed by atoms with Crippen molar-refractivity contribution in [2.24, 2.45) is 0 Å². The number of ether oxygens (including phenoxy) is 2. The molecular formula is C23H45O8P. The van der Waals surface area contributed by atoms with Gasteiger partial charge in [-0.05, 0) is 12.8 Å². The fourth-order valence-electron chi connectivity index (χ4n) is 3.25. The zero-order valence-electron chi connectivity index (χ0n) is 20.1. The summed E-state index contributed by atoms with van der Waals surface area (Å²) in [5.74, 6) is -0.900. The molecule has 0 saturated heterocycles. The smallest absolute Gasteiger partial charge is 0.462 e. The summed E-state index contributed by atoms with van der Waals surface area (Å²) in [6.45, 7) is 3.52. The highest BCUT2D eigenvalue weighted by atomic mass is 31.2. The molecule has 0 saturated carbocycles. The van der Waals surface area contributed by atoms with Crippen LogP contribution < -0.4 is 0 Å². The number of esters is 2. The van der Waals surface area contributed by atoms with E-state index >= 15 is 0 Å². The Morgan fingerprint density at radius 1 is 0.688 bits per heavy atom. The molecular weight excluding hydrogens is 435 g/mol. The van der Waals surface area contributed by atoms with Gasteiger partial charge in [0.15, 0.2) is 6.10 Å². The molecule has 32 heavy (non-hydrogen) atoms. The van der Waals surface area contributed by atoms with E-state index in [2.05, 4.69) is 18.4 Å². The lowest BCUT2D eigenvalue weighted by atomic mass is 10.1. The number of phosphoric acid groups is 1. The summed E-state index contributed by atoms with van der Waals surface area (Å²) in [7, 11) is -4.72. The summed E-state index contributed by atoms with van der Waals surface area (Å²) >= 11 is 0. The topological polar surface area (TPSA) is 119 Å². The van der Waals surface area contributed by atoms with Gasteiger partial charge in [-0.25, -0.2) is 4.57 Å². The molecule has 0 bridgehead atoms. The second-order valence-corrected chi connectivity index (χ2v) is 9.56. The van der Waals surface area contributed by atoms with E-state index in [0.717, 1.165) is 51.4 Å². The van der Waals surface area contributed by atoms with Gasteiger partial charge in [0.05, 0.1) is 6.61 Å². The van der Waals surface area contributed by atoms with Crippen molar-refractivity contribution in [1.82, 2.24) is 0 Å². The zero-order chi connectivity index (χ0) is 24.1. The third kappa shape index (κ3) is 22.3. The van der Waals surface area contributed by atoms with Crippen LogP contribution in [-0.2, 0) is 28.2 Å². The lowest BCUT2D eigenvalue weighted by molar-refractivity contribution is -0.161. The van der Waals surface area contributed by atoms with Crippen molar-refractivity contribution in [1.29, 1.82) is 0 Å². The number of hydrogen-bond acceptors (Lipinski definition) is 6. The average Bonchev–Trinajstić information content (AvgIpc) is 2.73. The van der Waals surface area contributed by atoms with Crippen molar-refractivity contribution in [2.75, 3.05) is 13.2 Å². The second-order valence-electron chi connectivity index (χ2n) is 8.32. The molecule has 0 aliphatic carbocycles. The molecule has 190 valence electrons. The number of rotatable bonds is 22. The van der Waals surface area contributed by atoms with Crippen molar-refractivity contribution in [3.63, 3.8) is 0 Å². The monoisotopic (exact) mass is 480 g/mol. The number of phosphoric ester groups is 1. The lowest BCUT2D eigenvalue weighted by Gasteiger charge is -2.18. The predicted molar refractivity (Wildman–Crippen MR) is 124 cm³/mol. The Kier molecular flexibility index (Phi) is 20.0. The third-order valence-corrected chi connectivity index (χ3v) is 5.61. The van der Waals surface area contributed by atoms with Crippen LogP contribution >= 0.6 is 7.82 Å². The van der Waals surface area contributed by atoms with Crippen LogP contribution in [0, 0.1) is 0 Å². The summed E-state index contributed by atoms with van der Waals surface area (Å²) in [5.41, 5.74) is 0. The van der Waals surface area contributed by atoms with Crippen LogP contribution in [0.25, 0.3) is 0 Å². The first-order valence-electron chi connectivity index (χ1n) is 12.3. The van der Waals surface area contributed by atoms with Gasteiger partial charge in [0.2, 0.25) is 0 Å². The first-order valence-corrected chi connectivity index (χ1v) is 13.9. The zero-order valence-corrected chi connectivity index (χ0v) is 21.0. The van der Waals surface area contributed by atoms with Gasteiger partial charge in [-0.2, -0.15) is 0 Å². The number of unbranched alkanes of at least 4 members (excludes halogenated alkanes) is 12. The van der Waals surface area contributed by atoms with Crippen LogP contribution in [0.1, 0.15) is 117 Å². The first kappa shape index (κ1) is 31.0. The van der Waals surface area contributed by atoms with Crippen LogP contribution in [0.15, 0.2) is 0 Å². The van der Waals surface area contributed by atoms with Crippen LogP contribution in [-0.4, -0.2) is 41.0 Å². The quantitative estimate of drug-likeness (QED) is 0.113. The van der Waals surface area contributed by atoms with E-state index in [-0.39, 0.29) is 19.4 Å². The van der Waals surface area contributed by atoms with Crippen LogP contribution in [0.5, 0.6) is 0 Å². The minimum absolute atomic E-state index is 0.215. The molecule has 9 heteroatoms. The molecule has 0 spiro atoms. The second kappa shape index (κ2) is 20.6. The summed E-state index contributed by atoms with van der Waals surface area (Å²) in [5, 5.41) is 0. The summed E-state index contributed by atoms with van der Waals surface area (Å²) < 4.78 is 25.8. The average molecular weight is 481 g/mol. The Bertz CT molecular complexity index is 520. The molecule has 0 aromatic rings. The standard InChI is InChI=1S/C23H45O8P/c1-3-5-7-9-11-12-14-16-18-23(25)31-21(20-30-32(26,27)28)19-29-22(24)17-15-13-10-8-6-4-2/h21H,3-20H2,1-2H3,(H2,26,27,28)/t21-/m1/s1. The summed E-state index contributed by atoms with van der Waals surface area (Å²) in [6, 6.07) is 0. The molecule has 0 amide bonds. The fraction of sp³-hybridized carbons (Fsp3) is 0.913. The van der Waals surface area contributed by atoms with Crippen LogP contribution in [0.2, 0.25) is 0 Å². The molecule has 8 nitrogen and oxygen atoms in total. The Balaban J connectivity index is 4.17. The summed E-state index contributed by atoms with van der Waals surface area (Å²) in [6.07, 6.45) is 14.5. The Morgan fingerprint density at radius 2 is 1.12 bits per heavy atom. The minimum Gasteiger partial charge on any atom is -0.462 e. The van der Waals surface area contributed by atoms with E-state index < -0.39 is 32.5 Å². The SMILES string of the molecule is CCCCCCCCCCC(=O)O[C@H](COC(=O)CCCCCCCC)COP(=O)(O)O. The van der Waals surface area contributed by atoms with Gasteiger partial charge < -0.3 is 19.3 Å². The van der Waals surface area contributed by atoms with E-state index in [0.29, 0.717) is 6.42 Å². The van der Waals surface area contributed by atoms with Crippen LogP contribution in [0.4, 0.5) is 0 Å². The molecule has 0 heterocycles. The highest BCUT2D eigenvalue weighted by molar-refractivity contribution is 7.46. The number of hydrogen-bond donors (Lipinski definition) is 2. The van der Waals surface area contributed by atoms with Gasteiger partial charge in [-0.15, -0.1) is 0 Å². The Morgan fingerprint density at radius 3 is 1.59 bits per heavy atom. The third-order valence-electron chi connectivity index (χ3n) is 5.13. The van der Waals surface area contributed by atoms with Crippen LogP contribution in [0.3, 0.4) is 0 Å². The largest absolute Gasteiger partial charge is 0.469 e. The minimum atomic E-state index is -4.72. The van der Waals surface area contributed by atoms with Gasteiger partial charge in [0.1, 0.15) is 6.61 Å². The van der Waals surface area contributed by atoms with Gasteiger partial charge in [-0.3, -0.25) is 14.1 Å². The molecule has 0 aliphatic rings. The summed E-state index contributed by atoms with van der Waals surface area (Å²) in [4.78, 5) is 41.8. The van der Waals surface area contributed by atoms with Gasteiger partial charge in [-0.1, -0.05) is 90.9 Å². The van der Waals surface area contributed by atoms with Gasteiger partial charge in [0.25, 0.3) is 0 Å². The molecule has 0 aromatic carbocycles. The van der Waals surface area contributed by atoms with E-state index in [1.807, 2.05) is 0 Å². The van der Waals surface area contributed by atoms with E-state index in [9.17, 15) is 14.2 Å². The Labute approximate surface area is 194 Å². The van der Waals surface area contributed by atoms with E-state index in [4.69, 9.17) is 19.3 Å². The Hall–Kier alpha value is -0.950. The molecule has 0 radical (unpaired) electrons. The van der Waals surface area contributed by atoms with Crippen molar-refractivity contribution >= 4 is 19.8 Å². The van der Waals surface area contributed by atoms with Crippen molar-refractivity contribution < 1.29 is 37.9 Å². The van der Waals surface area contributed by atoms with E-state index in [1.54, 1.807) is 0 Å². The van der Waals surface area contributed by atoms with Gasteiger partial charge >= 0.3 is 19.8 Å². The molecule has 1 atom stereocenters. The molecule has 0 aliphatic heterocycles. The van der Waals surface area contributed by atoms with E-state index in [1.165, 1.54) is 32.1 Å². The molecule has 0 aromatic heterocycles. The highest BCUT2D eigenvalue weighted by Gasteiger charge is 2.22. The highest BCUT2D eigenvalue weighted by Crippen LogP contribution is 2.35. The fourth-order valence-corrected chi connectivity index (χ4v) is 3.61. The van der Waals surface area contributed by atoms with Crippen molar-refractivity contribution in [3.05, 3.63) is 0 Å². The maximum Gasteiger partial charge on any atom is 0.469 e. The van der Waals surface area contributed by atoms with Crippen molar-refractivity contribution in [3.8, 4) is 0 Å². The molecule has 0 unspecified atom stereocenters. The normalized spacial score (nSPS) is 12.5. The lowest BCUT2D eigenvalue weighted by Crippen LogP contribution is -2.29. The molecule has 0 fully saturated rings.